The molecule has 0 bridgehead atoms. The molecule has 0 spiro atoms. The van der Waals surface area contributed by atoms with Crippen LogP contribution in [0.5, 0.6) is 11.5 Å². The zero-order chi connectivity index (χ0) is 20.5. The van der Waals surface area contributed by atoms with Crippen molar-refractivity contribution in [1.82, 2.24) is 9.55 Å². The number of carboxylic acids is 1. The summed E-state index contributed by atoms with van der Waals surface area (Å²) in [4.78, 5) is 16.1. The molecule has 1 aliphatic heterocycles. The SMILES string of the molecule is COc1cccc(C2SC(CC(=O)O)c3nccn3-c3ccc(Cl)cc32)c1OC. The molecule has 0 fully saturated rings. The molecule has 1 aromatic heterocycles. The van der Waals surface area contributed by atoms with Crippen LogP contribution in [0.4, 0.5) is 0 Å². The zero-order valence-electron chi connectivity index (χ0n) is 15.8. The molecule has 4 rings (SSSR count). The van der Waals surface area contributed by atoms with E-state index in [9.17, 15) is 9.90 Å². The minimum absolute atomic E-state index is 0.0494. The smallest absolute Gasteiger partial charge is 0.304 e. The molecule has 2 unspecified atom stereocenters. The van der Waals surface area contributed by atoms with Crippen molar-refractivity contribution < 1.29 is 19.4 Å². The molecule has 150 valence electrons. The average Bonchev–Trinajstić information content (AvgIpc) is 3.15. The fraction of sp³-hybridized carbons (Fsp3) is 0.238. The number of ether oxygens (including phenoxy) is 2. The Hall–Kier alpha value is -2.64. The van der Waals surface area contributed by atoms with Crippen molar-refractivity contribution in [3.05, 3.63) is 70.8 Å². The van der Waals surface area contributed by atoms with Crippen molar-refractivity contribution >= 4 is 29.3 Å². The molecule has 0 amide bonds. The van der Waals surface area contributed by atoms with Crippen LogP contribution in [0.25, 0.3) is 5.69 Å². The maximum absolute atomic E-state index is 11.6. The van der Waals surface area contributed by atoms with E-state index in [1.807, 2.05) is 47.2 Å². The lowest BCUT2D eigenvalue weighted by atomic mass is 10.0. The van der Waals surface area contributed by atoms with Gasteiger partial charge in [-0.25, -0.2) is 4.98 Å². The average molecular weight is 431 g/mol. The van der Waals surface area contributed by atoms with Gasteiger partial charge >= 0.3 is 5.97 Å². The molecule has 0 saturated carbocycles. The molecule has 2 aromatic carbocycles. The lowest BCUT2D eigenvalue weighted by Gasteiger charge is -2.23. The van der Waals surface area contributed by atoms with Gasteiger partial charge in [0, 0.05) is 23.0 Å². The number of imidazole rings is 1. The van der Waals surface area contributed by atoms with Gasteiger partial charge in [0.15, 0.2) is 11.5 Å². The topological polar surface area (TPSA) is 73.6 Å². The molecule has 0 saturated heterocycles. The van der Waals surface area contributed by atoms with Crippen molar-refractivity contribution in [2.24, 2.45) is 0 Å². The quantitative estimate of drug-likeness (QED) is 0.621. The third-order valence-corrected chi connectivity index (χ3v) is 6.59. The number of nitrogens with zero attached hydrogens (tertiary/aromatic N) is 2. The van der Waals surface area contributed by atoms with E-state index < -0.39 is 5.97 Å². The molecule has 3 aromatic rings. The van der Waals surface area contributed by atoms with Crippen LogP contribution in [0, 0.1) is 0 Å². The Balaban J connectivity index is 1.96. The minimum atomic E-state index is -0.877. The number of aliphatic carboxylic acids is 1. The molecule has 6 nitrogen and oxygen atoms in total. The normalized spacial score (nSPS) is 17.8. The Morgan fingerprint density at radius 1 is 1.24 bits per heavy atom. The van der Waals surface area contributed by atoms with Crippen LogP contribution in [0.3, 0.4) is 0 Å². The fourth-order valence-electron chi connectivity index (χ4n) is 3.67. The van der Waals surface area contributed by atoms with E-state index >= 15 is 0 Å². The summed E-state index contributed by atoms with van der Waals surface area (Å²) in [7, 11) is 3.19. The number of fused-ring (bicyclic) bond motifs is 3. The Morgan fingerprint density at radius 2 is 2.07 bits per heavy atom. The monoisotopic (exact) mass is 430 g/mol. The Labute approximate surface area is 177 Å². The third kappa shape index (κ3) is 3.56. The summed E-state index contributed by atoms with van der Waals surface area (Å²) in [5, 5.41) is 9.54. The second kappa shape index (κ2) is 8.00. The van der Waals surface area contributed by atoms with E-state index in [1.165, 1.54) is 11.8 Å². The highest BCUT2D eigenvalue weighted by atomic mass is 35.5. The zero-order valence-corrected chi connectivity index (χ0v) is 17.4. The Bertz CT molecular complexity index is 1070. The maximum Gasteiger partial charge on any atom is 0.304 e. The van der Waals surface area contributed by atoms with Gasteiger partial charge in [-0.2, -0.15) is 0 Å². The van der Waals surface area contributed by atoms with Gasteiger partial charge in [-0.05, 0) is 29.8 Å². The summed E-state index contributed by atoms with van der Waals surface area (Å²) in [6, 6.07) is 11.4. The molecular weight excluding hydrogens is 412 g/mol. The minimum Gasteiger partial charge on any atom is -0.493 e. The number of halogens is 1. The number of carboxylic acid groups (broad SMARTS) is 1. The summed E-state index contributed by atoms with van der Waals surface area (Å²) in [6.07, 6.45) is 3.49. The predicted octanol–water partition coefficient (Wildman–Crippen LogP) is 4.89. The Morgan fingerprint density at radius 3 is 2.79 bits per heavy atom. The summed E-state index contributed by atoms with van der Waals surface area (Å²) < 4.78 is 13.1. The predicted molar refractivity (Wildman–Crippen MR) is 113 cm³/mol. The van der Waals surface area contributed by atoms with Crippen molar-refractivity contribution in [2.45, 2.75) is 16.9 Å². The van der Waals surface area contributed by atoms with Gasteiger partial charge in [-0.1, -0.05) is 23.7 Å². The number of para-hydroxylation sites is 1. The standard InChI is InChI=1S/C21H19ClN2O4S/c1-27-16-5-3-4-13(19(16)28-2)20-14-10-12(22)6-7-15(14)24-9-8-23-21(24)17(29-20)11-18(25)26/h3-10,17,20H,11H2,1-2H3,(H,25,26). The highest BCUT2D eigenvalue weighted by molar-refractivity contribution is 8.00. The highest BCUT2D eigenvalue weighted by Crippen LogP contribution is 2.53. The van der Waals surface area contributed by atoms with Crippen LogP contribution in [0.15, 0.2) is 48.8 Å². The van der Waals surface area contributed by atoms with E-state index in [0.29, 0.717) is 22.3 Å². The van der Waals surface area contributed by atoms with Crippen LogP contribution < -0.4 is 9.47 Å². The largest absolute Gasteiger partial charge is 0.493 e. The van der Waals surface area contributed by atoms with Crippen molar-refractivity contribution in [3.63, 3.8) is 0 Å². The van der Waals surface area contributed by atoms with Crippen molar-refractivity contribution in [2.75, 3.05) is 14.2 Å². The van der Waals surface area contributed by atoms with Crippen molar-refractivity contribution in [3.8, 4) is 17.2 Å². The molecule has 2 atom stereocenters. The molecule has 8 heteroatoms. The van der Waals surface area contributed by atoms with E-state index in [-0.39, 0.29) is 16.9 Å². The first-order chi connectivity index (χ1) is 14.0. The Kier molecular flexibility index (Phi) is 5.43. The van der Waals surface area contributed by atoms with Gasteiger partial charge in [-0.3, -0.25) is 4.79 Å². The van der Waals surface area contributed by atoms with E-state index in [0.717, 1.165) is 16.8 Å². The molecule has 29 heavy (non-hydrogen) atoms. The first-order valence-electron chi connectivity index (χ1n) is 8.94. The van der Waals surface area contributed by atoms with Gasteiger partial charge < -0.3 is 19.1 Å². The molecule has 0 radical (unpaired) electrons. The van der Waals surface area contributed by atoms with Gasteiger partial charge in [0.05, 0.1) is 36.8 Å². The molecule has 1 N–H and O–H groups in total. The number of methoxy groups -OCH3 is 2. The number of hydrogen-bond donors (Lipinski definition) is 1. The third-order valence-electron chi connectivity index (χ3n) is 4.87. The van der Waals surface area contributed by atoms with Gasteiger partial charge in [-0.15, -0.1) is 11.8 Å². The first kappa shape index (κ1) is 19.7. The van der Waals surface area contributed by atoms with E-state index in [2.05, 4.69) is 4.98 Å². The molecule has 1 aliphatic rings. The number of carbonyl (C=O) groups is 1. The number of rotatable bonds is 5. The fourth-order valence-corrected chi connectivity index (χ4v) is 5.38. The highest BCUT2D eigenvalue weighted by Gasteiger charge is 2.34. The second-order valence-electron chi connectivity index (χ2n) is 6.54. The summed E-state index contributed by atoms with van der Waals surface area (Å²) >= 11 is 7.88. The van der Waals surface area contributed by atoms with Crippen LogP contribution in [-0.4, -0.2) is 34.8 Å². The first-order valence-corrected chi connectivity index (χ1v) is 10.3. The summed E-state index contributed by atoms with van der Waals surface area (Å²) in [6.45, 7) is 0. The molecule has 0 aliphatic carbocycles. The van der Waals surface area contributed by atoms with Crippen LogP contribution in [-0.2, 0) is 4.79 Å². The lowest BCUT2D eigenvalue weighted by molar-refractivity contribution is -0.137. The number of benzene rings is 2. The number of aromatic nitrogens is 2. The number of thioether (sulfide) groups is 1. The number of hydrogen-bond acceptors (Lipinski definition) is 5. The van der Waals surface area contributed by atoms with Gasteiger partial charge in [0.2, 0.25) is 0 Å². The van der Waals surface area contributed by atoms with Gasteiger partial charge in [0.25, 0.3) is 0 Å². The van der Waals surface area contributed by atoms with Crippen LogP contribution in [0.1, 0.15) is 33.9 Å². The van der Waals surface area contributed by atoms with Crippen LogP contribution >= 0.6 is 23.4 Å². The summed E-state index contributed by atoms with van der Waals surface area (Å²) in [5.74, 6) is 1.06. The van der Waals surface area contributed by atoms with E-state index in [1.54, 1.807) is 20.4 Å². The van der Waals surface area contributed by atoms with Crippen LogP contribution in [0.2, 0.25) is 5.02 Å². The maximum atomic E-state index is 11.6. The second-order valence-corrected chi connectivity index (χ2v) is 8.29. The lowest BCUT2D eigenvalue weighted by Crippen LogP contribution is -2.08. The molecule has 2 heterocycles. The van der Waals surface area contributed by atoms with Crippen molar-refractivity contribution in [1.29, 1.82) is 0 Å². The van der Waals surface area contributed by atoms with Gasteiger partial charge in [0.1, 0.15) is 5.82 Å². The summed E-state index contributed by atoms with van der Waals surface area (Å²) in [5.41, 5.74) is 2.76. The molecular formula is C21H19ClN2O4S. The van der Waals surface area contributed by atoms with E-state index in [4.69, 9.17) is 21.1 Å².